The third-order valence-electron chi connectivity index (χ3n) is 2.39. The second-order valence-electron chi connectivity index (χ2n) is 3.18. The summed E-state index contributed by atoms with van der Waals surface area (Å²) in [4.78, 5) is 22.5. The molecule has 0 aromatic heterocycles. The molecular formula is C8H9NO4. The van der Waals surface area contributed by atoms with Gasteiger partial charge in [0.25, 0.3) is 0 Å². The number of fused-ring (bicyclic) bond motifs is 1. The minimum Gasteiger partial charge on any atom is -0.504 e. The molecule has 0 aromatic carbocycles. The van der Waals surface area contributed by atoms with Gasteiger partial charge in [-0.05, 0) is 13.0 Å². The molecule has 0 amide bonds. The van der Waals surface area contributed by atoms with Gasteiger partial charge in [0.15, 0.2) is 23.2 Å². The second-order valence-corrected chi connectivity index (χ2v) is 3.18. The number of ketones is 2. The van der Waals surface area contributed by atoms with Crippen LogP contribution in [0.1, 0.15) is 6.42 Å². The number of carbonyl (C=O) groups excluding carboxylic acids is 2. The highest BCUT2D eigenvalue weighted by molar-refractivity contribution is 6.17. The molecule has 0 aromatic rings. The van der Waals surface area contributed by atoms with Crippen molar-refractivity contribution in [2.24, 2.45) is 5.73 Å². The molecule has 2 aliphatic rings. The molecule has 0 saturated carbocycles. The van der Waals surface area contributed by atoms with Crippen molar-refractivity contribution in [3.05, 3.63) is 11.8 Å². The minimum absolute atomic E-state index is 0.282. The zero-order valence-electron chi connectivity index (χ0n) is 6.82. The Bertz CT molecular complexity index is 322. The second kappa shape index (κ2) is 2.40. The van der Waals surface area contributed by atoms with Gasteiger partial charge < -0.3 is 15.6 Å². The predicted molar refractivity (Wildman–Crippen MR) is 42.0 cm³/mol. The van der Waals surface area contributed by atoms with E-state index in [1.165, 1.54) is 0 Å². The molecule has 13 heavy (non-hydrogen) atoms. The molecule has 3 N–H and O–H groups in total. The van der Waals surface area contributed by atoms with Crippen LogP contribution in [0.5, 0.6) is 0 Å². The summed E-state index contributed by atoms with van der Waals surface area (Å²) < 4.78 is 5.01. The van der Waals surface area contributed by atoms with Gasteiger partial charge in [-0.3, -0.25) is 9.59 Å². The molecule has 1 aliphatic carbocycles. The lowest BCUT2D eigenvalue weighted by Crippen LogP contribution is -2.36. The van der Waals surface area contributed by atoms with Crippen LogP contribution in [0.2, 0.25) is 0 Å². The molecule has 0 bridgehead atoms. The topological polar surface area (TPSA) is 92.9 Å². The highest BCUT2D eigenvalue weighted by atomic mass is 16.6. The predicted octanol–water partition coefficient (Wildman–Crippen LogP) is -0.934. The molecule has 1 saturated heterocycles. The molecule has 2 unspecified atom stereocenters. The summed E-state index contributed by atoms with van der Waals surface area (Å²) >= 11 is 0. The molecule has 5 nitrogen and oxygen atoms in total. The summed E-state index contributed by atoms with van der Waals surface area (Å²) in [6, 6.07) is 0. The first-order valence-corrected chi connectivity index (χ1v) is 3.99. The van der Waals surface area contributed by atoms with Crippen LogP contribution in [0.3, 0.4) is 0 Å². The number of aliphatic hydroxyl groups is 1. The number of Topliss-reactive ketones (excluding diaryl/α,β-unsaturated/α-hetero) is 1. The van der Waals surface area contributed by atoms with Gasteiger partial charge in [-0.1, -0.05) is 0 Å². The van der Waals surface area contributed by atoms with E-state index in [0.717, 1.165) is 6.08 Å². The Morgan fingerprint density at radius 1 is 1.62 bits per heavy atom. The first kappa shape index (κ1) is 8.40. The smallest absolute Gasteiger partial charge is 0.229 e. The SMILES string of the molecule is NCCC12OC1C(=O)C(O)=CC2=O. The molecule has 0 spiro atoms. The van der Waals surface area contributed by atoms with Crippen LogP contribution in [-0.4, -0.2) is 34.9 Å². The fourth-order valence-electron chi connectivity index (χ4n) is 1.61. The van der Waals surface area contributed by atoms with Gasteiger partial charge in [0.1, 0.15) is 0 Å². The van der Waals surface area contributed by atoms with Crippen molar-refractivity contribution < 1.29 is 19.4 Å². The maximum Gasteiger partial charge on any atom is 0.229 e. The number of nitrogens with two attached hydrogens (primary N) is 1. The van der Waals surface area contributed by atoms with E-state index < -0.39 is 23.2 Å². The van der Waals surface area contributed by atoms with E-state index in [1.54, 1.807) is 0 Å². The van der Waals surface area contributed by atoms with E-state index in [-0.39, 0.29) is 12.3 Å². The molecular weight excluding hydrogens is 174 g/mol. The van der Waals surface area contributed by atoms with Gasteiger partial charge in [-0.15, -0.1) is 0 Å². The van der Waals surface area contributed by atoms with Crippen LogP contribution in [0.15, 0.2) is 11.8 Å². The Morgan fingerprint density at radius 2 is 2.31 bits per heavy atom. The molecule has 5 heteroatoms. The Kier molecular flexibility index (Phi) is 1.55. The summed E-state index contributed by atoms with van der Waals surface area (Å²) in [5, 5.41) is 9.01. The van der Waals surface area contributed by atoms with Crippen LogP contribution in [-0.2, 0) is 14.3 Å². The number of carbonyl (C=O) groups is 2. The third kappa shape index (κ3) is 0.942. The number of rotatable bonds is 2. The maximum atomic E-state index is 11.3. The van der Waals surface area contributed by atoms with Crippen molar-refractivity contribution in [2.45, 2.75) is 18.1 Å². The lowest BCUT2D eigenvalue weighted by atomic mass is 9.88. The number of ether oxygens (including phenoxy) is 1. The van der Waals surface area contributed by atoms with Gasteiger partial charge in [-0.2, -0.15) is 0 Å². The summed E-state index contributed by atoms with van der Waals surface area (Å²) in [6.07, 6.45) is 0.446. The minimum atomic E-state index is -1.04. The lowest BCUT2D eigenvalue weighted by Gasteiger charge is -2.11. The van der Waals surface area contributed by atoms with Crippen LogP contribution in [0.4, 0.5) is 0 Å². The Balaban J connectivity index is 2.30. The summed E-state index contributed by atoms with van der Waals surface area (Å²) in [5.41, 5.74) is 4.24. The van der Waals surface area contributed by atoms with Crippen molar-refractivity contribution >= 4 is 11.6 Å². The van der Waals surface area contributed by atoms with E-state index in [9.17, 15) is 9.59 Å². The first-order valence-electron chi connectivity index (χ1n) is 3.99. The lowest BCUT2D eigenvalue weighted by molar-refractivity contribution is -0.123. The van der Waals surface area contributed by atoms with Crippen molar-refractivity contribution in [2.75, 3.05) is 6.54 Å². The summed E-state index contributed by atoms with van der Waals surface area (Å²) in [5.74, 6) is -1.40. The Labute approximate surface area is 74.2 Å². The summed E-state index contributed by atoms with van der Waals surface area (Å²) in [6.45, 7) is 0.282. The molecule has 1 fully saturated rings. The van der Waals surface area contributed by atoms with Crippen molar-refractivity contribution in [1.82, 2.24) is 0 Å². The van der Waals surface area contributed by atoms with Crippen LogP contribution in [0.25, 0.3) is 0 Å². The largest absolute Gasteiger partial charge is 0.504 e. The normalized spacial score (nSPS) is 37.0. The van der Waals surface area contributed by atoms with Gasteiger partial charge in [0.2, 0.25) is 5.78 Å². The fraction of sp³-hybridized carbons (Fsp3) is 0.500. The van der Waals surface area contributed by atoms with E-state index in [4.69, 9.17) is 15.6 Å². The Morgan fingerprint density at radius 3 is 2.92 bits per heavy atom. The first-order chi connectivity index (χ1) is 6.12. The van der Waals surface area contributed by atoms with E-state index >= 15 is 0 Å². The average Bonchev–Trinajstić information content (AvgIpc) is 2.78. The molecule has 0 radical (unpaired) electrons. The highest BCUT2D eigenvalue weighted by Crippen LogP contribution is 2.44. The third-order valence-corrected chi connectivity index (χ3v) is 2.39. The molecule has 2 rings (SSSR count). The number of hydrogen-bond donors (Lipinski definition) is 2. The molecule has 1 heterocycles. The van der Waals surface area contributed by atoms with Crippen molar-refractivity contribution in [3.63, 3.8) is 0 Å². The fourth-order valence-corrected chi connectivity index (χ4v) is 1.61. The van der Waals surface area contributed by atoms with E-state index in [0.29, 0.717) is 6.42 Å². The zero-order chi connectivity index (χ0) is 9.64. The van der Waals surface area contributed by atoms with Gasteiger partial charge in [0.05, 0.1) is 0 Å². The maximum absolute atomic E-state index is 11.3. The standard InChI is InChI=1S/C8H9NO4/c9-2-1-8-5(11)3-4(10)6(12)7(8)13-8/h3,7,10H,1-2,9H2. The molecule has 70 valence electrons. The molecule has 1 aliphatic heterocycles. The summed E-state index contributed by atoms with van der Waals surface area (Å²) in [7, 11) is 0. The average molecular weight is 183 g/mol. The van der Waals surface area contributed by atoms with E-state index in [2.05, 4.69) is 0 Å². The van der Waals surface area contributed by atoms with Crippen LogP contribution >= 0.6 is 0 Å². The van der Waals surface area contributed by atoms with E-state index in [1.807, 2.05) is 0 Å². The van der Waals surface area contributed by atoms with Gasteiger partial charge in [0, 0.05) is 6.08 Å². The van der Waals surface area contributed by atoms with Gasteiger partial charge in [-0.25, -0.2) is 0 Å². The van der Waals surface area contributed by atoms with Gasteiger partial charge >= 0.3 is 0 Å². The quantitative estimate of drug-likeness (QED) is 0.539. The number of aliphatic hydroxyl groups excluding tert-OH is 1. The monoisotopic (exact) mass is 183 g/mol. The number of hydrogen-bond acceptors (Lipinski definition) is 5. The van der Waals surface area contributed by atoms with Crippen LogP contribution < -0.4 is 5.73 Å². The van der Waals surface area contributed by atoms with Crippen molar-refractivity contribution in [3.8, 4) is 0 Å². The van der Waals surface area contributed by atoms with Crippen molar-refractivity contribution in [1.29, 1.82) is 0 Å². The zero-order valence-corrected chi connectivity index (χ0v) is 6.82. The molecule has 2 atom stereocenters. The highest BCUT2D eigenvalue weighted by Gasteiger charge is 2.67. The number of epoxide rings is 1. The van der Waals surface area contributed by atoms with Crippen LogP contribution in [0, 0.1) is 0 Å². The Hall–Kier alpha value is -1.20.